The summed E-state index contributed by atoms with van der Waals surface area (Å²) in [6.45, 7) is 0. The van der Waals surface area contributed by atoms with Crippen LogP contribution in [0, 0.1) is 0 Å². The smallest absolute Gasteiger partial charge is 0.180 e. The van der Waals surface area contributed by atoms with Crippen molar-refractivity contribution in [3.63, 3.8) is 0 Å². The minimum absolute atomic E-state index is 0.688. The Bertz CT molecular complexity index is 598. The van der Waals surface area contributed by atoms with Gasteiger partial charge in [0.05, 0.1) is 10.4 Å². The molecule has 0 aliphatic carbocycles. The second-order valence-corrected chi connectivity index (χ2v) is 3.97. The number of nitrogens with zero attached hydrogens (tertiary/aromatic N) is 4. The third kappa shape index (κ3) is 1.26. The van der Waals surface area contributed by atoms with Gasteiger partial charge in [-0.05, 0) is 12.1 Å². The largest absolute Gasteiger partial charge is 0.398 e. The standard InChI is InChI=1S/C9H7N5S/c10-6-1-2-8-12-13-9(14(8)4-6)7-3-11-5-15-7/h1-5H,10H2. The summed E-state index contributed by atoms with van der Waals surface area (Å²) in [5.41, 5.74) is 8.96. The van der Waals surface area contributed by atoms with Crippen LogP contribution in [0.5, 0.6) is 0 Å². The van der Waals surface area contributed by atoms with Gasteiger partial charge in [0.15, 0.2) is 11.5 Å². The zero-order valence-corrected chi connectivity index (χ0v) is 8.48. The second-order valence-electron chi connectivity index (χ2n) is 3.08. The van der Waals surface area contributed by atoms with Crippen LogP contribution in [0.2, 0.25) is 0 Å². The Labute approximate surface area is 89.2 Å². The van der Waals surface area contributed by atoms with Gasteiger partial charge < -0.3 is 5.73 Å². The van der Waals surface area contributed by atoms with Gasteiger partial charge in [0.1, 0.15) is 0 Å². The minimum Gasteiger partial charge on any atom is -0.398 e. The Balaban J connectivity index is 2.32. The van der Waals surface area contributed by atoms with Crippen molar-refractivity contribution in [2.75, 3.05) is 5.73 Å². The molecule has 15 heavy (non-hydrogen) atoms. The van der Waals surface area contributed by atoms with Crippen molar-refractivity contribution < 1.29 is 0 Å². The summed E-state index contributed by atoms with van der Waals surface area (Å²) in [7, 11) is 0. The fourth-order valence-corrected chi connectivity index (χ4v) is 2.00. The number of thiazole rings is 1. The van der Waals surface area contributed by atoms with Gasteiger partial charge in [-0.15, -0.1) is 21.5 Å². The summed E-state index contributed by atoms with van der Waals surface area (Å²) in [5, 5.41) is 8.16. The number of aromatic nitrogens is 4. The SMILES string of the molecule is Nc1ccc2nnc(-c3cncs3)n2c1. The third-order valence-electron chi connectivity index (χ3n) is 2.08. The van der Waals surface area contributed by atoms with E-state index in [1.807, 2.05) is 16.7 Å². The first kappa shape index (κ1) is 8.37. The molecule has 0 aromatic carbocycles. The van der Waals surface area contributed by atoms with E-state index in [-0.39, 0.29) is 0 Å². The molecule has 0 fully saturated rings. The first-order chi connectivity index (χ1) is 7.34. The highest BCUT2D eigenvalue weighted by Gasteiger charge is 2.08. The van der Waals surface area contributed by atoms with Crippen LogP contribution in [0.15, 0.2) is 30.0 Å². The van der Waals surface area contributed by atoms with Gasteiger partial charge in [-0.1, -0.05) is 0 Å². The van der Waals surface area contributed by atoms with Crippen LogP contribution in [0.3, 0.4) is 0 Å². The Morgan fingerprint density at radius 2 is 2.20 bits per heavy atom. The Kier molecular flexibility index (Phi) is 1.69. The van der Waals surface area contributed by atoms with E-state index < -0.39 is 0 Å². The molecule has 3 rings (SSSR count). The summed E-state index contributed by atoms with van der Waals surface area (Å²) in [4.78, 5) is 4.99. The van der Waals surface area contributed by atoms with Gasteiger partial charge in [0.25, 0.3) is 0 Å². The van der Waals surface area contributed by atoms with E-state index in [4.69, 9.17) is 5.73 Å². The average molecular weight is 217 g/mol. The van der Waals surface area contributed by atoms with E-state index in [9.17, 15) is 0 Å². The topological polar surface area (TPSA) is 69.1 Å². The van der Waals surface area contributed by atoms with E-state index in [2.05, 4.69) is 15.2 Å². The number of hydrogen-bond acceptors (Lipinski definition) is 5. The van der Waals surface area contributed by atoms with Gasteiger partial charge in [-0.25, -0.2) is 0 Å². The average Bonchev–Trinajstić information content (AvgIpc) is 2.83. The van der Waals surface area contributed by atoms with Crippen molar-refractivity contribution in [2.45, 2.75) is 0 Å². The maximum Gasteiger partial charge on any atom is 0.180 e. The molecule has 0 saturated carbocycles. The predicted molar refractivity (Wildman–Crippen MR) is 58.5 cm³/mol. The molecule has 0 radical (unpaired) electrons. The Morgan fingerprint density at radius 3 is 3.00 bits per heavy atom. The lowest BCUT2D eigenvalue weighted by molar-refractivity contribution is 1.12. The van der Waals surface area contributed by atoms with Crippen molar-refractivity contribution in [1.82, 2.24) is 19.6 Å². The third-order valence-corrected chi connectivity index (χ3v) is 2.85. The van der Waals surface area contributed by atoms with Gasteiger partial charge in [0.2, 0.25) is 0 Å². The summed E-state index contributed by atoms with van der Waals surface area (Å²) in [6, 6.07) is 3.65. The van der Waals surface area contributed by atoms with E-state index in [1.54, 1.807) is 17.8 Å². The molecule has 3 aromatic rings. The number of rotatable bonds is 1. The first-order valence-electron chi connectivity index (χ1n) is 4.34. The van der Waals surface area contributed by atoms with Crippen LogP contribution in [0.4, 0.5) is 5.69 Å². The Morgan fingerprint density at radius 1 is 1.27 bits per heavy atom. The monoisotopic (exact) mass is 217 g/mol. The molecule has 6 heteroatoms. The highest BCUT2D eigenvalue weighted by atomic mass is 32.1. The fourth-order valence-electron chi connectivity index (χ4n) is 1.40. The van der Waals surface area contributed by atoms with E-state index >= 15 is 0 Å². The molecule has 3 heterocycles. The van der Waals surface area contributed by atoms with Gasteiger partial charge >= 0.3 is 0 Å². The molecule has 0 amide bonds. The number of nitrogens with two attached hydrogens (primary N) is 1. The van der Waals surface area contributed by atoms with Gasteiger partial charge in [-0.2, -0.15) is 0 Å². The molecule has 0 saturated heterocycles. The molecule has 0 unspecified atom stereocenters. The van der Waals surface area contributed by atoms with Gasteiger partial charge in [0, 0.05) is 18.1 Å². The van der Waals surface area contributed by atoms with Crippen molar-refractivity contribution in [3.05, 3.63) is 30.0 Å². The highest BCUT2D eigenvalue weighted by Crippen LogP contribution is 2.22. The van der Waals surface area contributed by atoms with Crippen LogP contribution in [0.1, 0.15) is 0 Å². The molecular weight excluding hydrogens is 210 g/mol. The number of hydrogen-bond donors (Lipinski definition) is 1. The molecule has 5 nitrogen and oxygen atoms in total. The number of fused-ring (bicyclic) bond motifs is 1. The maximum absolute atomic E-state index is 5.72. The van der Waals surface area contributed by atoms with Crippen molar-refractivity contribution in [2.24, 2.45) is 0 Å². The van der Waals surface area contributed by atoms with E-state index in [1.165, 1.54) is 11.3 Å². The molecule has 0 spiro atoms. The molecule has 3 aromatic heterocycles. The number of pyridine rings is 1. The lowest BCUT2D eigenvalue weighted by Gasteiger charge is -1.97. The first-order valence-corrected chi connectivity index (χ1v) is 5.22. The van der Waals surface area contributed by atoms with E-state index in [0.29, 0.717) is 5.69 Å². The zero-order chi connectivity index (χ0) is 10.3. The summed E-state index contributed by atoms with van der Waals surface area (Å²) >= 11 is 1.53. The summed E-state index contributed by atoms with van der Waals surface area (Å²) in [5.74, 6) is 0.778. The molecule has 0 bridgehead atoms. The fraction of sp³-hybridized carbons (Fsp3) is 0. The second kappa shape index (κ2) is 3.03. The highest BCUT2D eigenvalue weighted by molar-refractivity contribution is 7.13. The minimum atomic E-state index is 0.688. The van der Waals surface area contributed by atoms with E-state index in [0.717, 1.165) is 16.3 Å². The molecular formula is C9H7N5S. The number of nitrogen functional groups attached to an aromatic ring is 1. The van der Waals surface area contributed by atoms with Crippen LogP contribution >= 0.6 is 11.3 Å². The molecule has 74 valence electrons. The molecule has 0 aliphatic heterocycles. The van der Waals surface area contributed by atoms with Crippen LogP contribution < -0.4 is 5.73 Å². The van der Waals surface area contributed by atoms with Crippen LogP contribution in [-0.4, -0.2) is 19.6 Å². The van der Waals surface area contributed by atoms with Crippen molar-refractivity contribution in [1.29, 1.82) is 0 Å². The van der Waals surface area contributed by atoms with Crippen LogP contribution in [0.25, 0.3) is 16.3 Å². The lowest BCUT2D eigenvalue weighted by atomic mass is 10.4. The lowest BCUT2D eigenvalue weighted by Crippen LogP contribution is -1.91. The van der Waals surface area contributed by atoms with Crippen LogP contribution in [-0.2, 0) is 0 Å². The Hall–Kier alpha value is -1.95. The predicted octanol–water partition coefficient (Wildman–Crippen LogP) is 1.43. The quantitative estimate of drug-likeness (QED) is 0.669. The molecule has 0 aliphatic rings. The normalized spacial score (nSPS) is 10.9. The summed E-state index contributed by atoms with van der Waals surface area (Å²) < 4.78 is 1.86. The molecule has 0 atom stereocenters. The number of anilines is 1. The van der Waals surface area contributed by atoms with Gasteiger partial charge in [-0.3, -0.25) is 9.38 Å². The molecule has 2 N–H and O–H groups in total. The van der Waals surface area contributed by atoms with Crippen molar-refractivity contribution >= 4 is 22.7 Å². The maximum atomic E-state index is 5.72. The van der Waals surface area contributed by atoms with Crippen molar-refractivity contribution in [3.8, 4) is 10.7 Å². The summed E-state index contributed by atoms with van der Waals surface area (Å²) in [6.07, 6.45) is 3.58. The zero-order valence-electron chi connectivity index (χ0n) is 7.66.